The number of halogens is 2. The minimum Gasteiger partial charge on any atom is -0.246 e. The topological polar surface area (TPSA) is 82.1 Å². The zero-order valence-corrected chi connectivity index (χ0v) is 11.9. The van der Waals surface area contributed by atoms with Crippen molar-refractivity contribution in [1.29, 1.82) is 10.5 Å². The second-order valence-corrected chi connectivity index (χ2v) is 4.90. The van der Waals surface area contributed by atoms with Gasteiger partial charge in [-0.15, -0.1) is 0 Å². The molecule has 0 amide bonds. The van der Waals surface area contributed by atoms with Crippen molar-refractivity contribution < 1.29 is 8.78 Å². The fourth-order valence-corrected chi connectivity index (χ4v) is 2.57. The van der Waals surface area contributed by atoms with Gasteiger partial charge in [0.1, 0.15) is 41.6 Å². The lowest BCUT2D eigenvalue weighted by Crippen LogP contribution is -2.25. The number of nitrogens with zero attached hydrogens (tertiary/aromatic N) is 6. The van der Waals surface area contributed by atoms with Crippen molar-refractivity contribution >= 4 is 11.7 Å². The summed E-state index contributed by atoms with van der Waals surface area (Å²) < 4.78 is 28.8. The fraction of sp³-hybridized carbons (Fsp3) is 0.125. The quantitative estimate of drug-likeness (QED) is 0.530. The van der Waals surface area contributed by atoms with Gasteiger partial charge in [-0.3, -0.25) is 0 Å². The molecule has 0 aliphatic heterocycles. The standard InChI is InChI=1S/C16H4F2N6/c1-21-16(22-2)9-4-11-15(13(9)18)23-10-3-8(7(5-19)6-20)12(17)14(10)24-11/h3-4H2. The largest absolute Gasteiger partial charge is 0.526 e. The Morgan fingerprint density at radius 2 is 1.38 bits per heavy atom. The van der Waals surface area contributed by atoms with Gasteiger partial charge in [0.25, 0.3) is 0 Å². The van der Waals surface area contributed by atoms with Crippen LogP contribution in [0.3, 0.4) is 0 Å². The van der Waals surface area contributed by atoms with E-state index >= 15 is 0 Å². The maximum Gasteiger partial charge on any atom is 0.526 e. The molecular weight excluding hydrogens is 314 g/mol. The van der Waals surface area contributed by atoms with E-state index in [1.165, 1.54) is 0 Å². The summed E-state index contributed by atoms with van der Waals surface area (Å²) in [4.78, 5) is 14.0. The van der Waals surface area contributed by atoms with Crippen LogP contribution in [0, 0.1) is 35.8 Å². The van der Waals surface area contributed by atoms with Crippen molar-refractivity contribution in [2.75, 3.05) is 0 Å². The molecule has 1 aromatic rings. The van der Waals surface area contributed by atoms with Crippen LogP contribution in [0.4, 0.5) is 8.78 Å². The molecule has 0 N–H and O–H groups in total. The lowest BCUT2D eigenvalue weighted by Gasteiger charge is -1.95. The summed E-state index contributed by atoms with van der Waals surface area (Å²) in [5.74, 6) is -2.05. The van der Waals surface area contributed by atoms with Crippen molar-refractivity contribution in [1.82, 2.24) is 9.97 Å². The molecule has 2 aliphatic rings. The van der Waals surface area contributed by atoms with Crippen LogP contribution in [-0.2, 0) is 12.8 Å². The van der Waals surface area contributed by atoms with E-state index in [0.29, 0.717) is 0 Å². The number of allylic oxidation sites excluding steroid dienone is 3. The molecule has 112 valence electrons. The van der Waals surface area contributed by atoms with Gasteiger partial charge in [-0.25, -0.2) is 18.7 Å². The van der Waals surface area contributed by atoms with Gasteiger partial charge in [0.15, 0.2) is 11.7 Å². The minimum atomic E-state index is -0.827. The van der Waals surface area contributed by atoms with Gasteiger partial charge in [0.05, 0.1) is 17.0 Å². The fourth-order valence-electron chi connectivity index (χ4n) is 2.57. The Bertz CT molecular complexity index is 1030. The summed E-state index contributed by atoms with van der Waals surface area (Å²) in [6.45, 7) is 13.8. The lowest BCUT2D eigenvalue weighted by atomic mass is 10.1. The molecule has 0 saturated carbocycles. The van der Waals surface area contributed by atoms with Crippen LogP contribution in [-0.4, -0.2) is 9.97 Å². The van der Waals surface area contributed by atoms with Gasteiger partial charge in [0.2, 0.25) is 0 Å². The Labute approximate surface area is 134 Å². The maximum atomic E-state index is 14.4. The molecule has 0 bridgehead atoms. The van der Waals surface area contributed by atoms with Gasteiger partial charge in [-0.05, 0) is 0 Å². The summed E-state index contributed by atoms with van der Waals surface area (Å²) >= 11 is 0. The van der Waals surface area contributed by atoms with Crippen LogP contribution in [0.15, 0.2) is 22.5 Å². The third-order valence-corrected chi connectivity index (χ3v) is 3.68. The van der Waals surface area contributed by atoms with E-state index in [0.717, 1.165) is 0 Å². The molecule has 0 fully saturated rings. The van der Waals surface area contributed by atoms with Gasteiger partial charge < -0.3 is 0 Å². The van der Waals surface area contributed by atoms with E-state index < -0.39 is 17.5 Å². The summed E-state index contributed by atoms with van der Waals surface area (Å²) in [5, 5.41) is 17.5. The molecule has 3 rings (SSSR count). The molecule has 0 radical (unpaired) electrons. The van der Waals surface area contributed by atoms with Gasteiger partial charge in [0, 0.05) is 18.4 Å². The van der Waals surface area contributed by atoms with E-state index in [1.807, 2.05) is 0 Å². The first-order valence-electron chi connectivity index (χ1n) is 6.53. The zero-order valence-electron chi connectivity index (χ0n) is 11.9. The predicted molar refractivity (Wildman–Crippen MR) is 76.2 cm³/mol. The van der Waals surface area contributed by atoms with Crippen LogP contribution < -0.4 is 10.7 Å². The normalized spacial score (nSPS) is 14.2. The molecule has 0 saturated heterocycles. The molecule has 6 nitrogen and oxygen atoms in total. The first kappa shape index (κ1) is 15.0. The number of nitriles is 2. The molecular formula is C16H4F2N6. The summed E-state index contributed by atoms with van der Waals surface area (Å²) in [6.07, 6.45) is -0.264. The second-order valence-electron chi connectivity index (χ2n) is 4.90. The highest BCUT2D eigenvalue weighted by atomic mass is 19.1. The van der Waals surface area contributed by atoms with Crippen LogP contribution >= 0.6 is 0 Å². The van der Waals surface area contributed by atoms with Gasteiger partial charge >= 0.3 is 5.82 Å². The molecule has 2 aliphatic carbocycles. The monoisotopic (exact) mass is 318 g/mol. The molecule has 0 spiro atoms. The van der Waals surface area contributed by atoms with Crippen LogP contribution in [0.25, 0.3) is 21.3 Å². The van der Waals surface area contributed by atoms with Crippen LogP contribution in [0.2, 0.25) is 0 Å². The smallest absolute Gasteiger partial charge is 0.246 e. The third-order valence-electron chi connectivity index (χ3n) is 3.68. The van der Waals surface area contributed by atoms with E-state index in [4.69, 9.17) is 23.7 Å². The van der Waals surface area contributed by atoms with Crippen molar-refractivity contribution in [3.05, 3.63) is 67.5 Å². The zero-order chi connectivity index (χ0) is 17.4. The Kier molecular flexibility index (Phi) is 3.38. The number of fused-ring (bicyclic) bond motifs is 2. The highest BCUT2D eigenvalue weighted by molar-refractivity contribution is 5.70. The highest BCUT2D eigenvalue weighted by Crippen LogP contribution is 2.28. The molecule has 0 unspecified atom stereocenters. The van der Waals surface area contributed by atoms with Crippen molar-refractivity contribution in [3.63, 3.8) is 0 Å². The molecule has 8 heteroatoms. The van der Waals surface area contributed by atoms with E-state index in [2.05, 4.69) is 19.7 Å². The minimum absolute atomic E-state index is 0.107. The van der Waals surface area contributed by atoms with Crippen molar-refractivity contribution in [3.8, 4) is 12.1 Å². The summed E-state index contributed by atoms with van der Waals surface area (Å²) in [6, 6.07) is 3.22. The summed E-state index contributed by atoms with van der Waals surface area (Å²) in [5.41, 5.74) is -0.353. The molecule has 24 heavy (non-hydrogen) atoms. The SMILES string of the molecule is [C-]#[N+]C([N+]#[C-])=C1Cc2nc3c(nc2=C1F)CC(=C(C#N)C#N)C=3F. The molecule has 0 aromatic carbocycles. The Balaban J connectivity index is 2.28. The van der Waals surface area contributed by atoms with E-state index in [1.54, 1.807) is 12.1 Å². The molecule has 0 atom stereocenters. The predicted octanol–water partition coefficient (Wildman–Crippen LogP) is 1.14. The molecule has 1 aromatic heterocycles. The van der Waals surface area contributed by atoms with Crippen LogP contribution in [0.1, 0.15) is 11.4 Å². The first-order chi connectivity index (χ1) is 11.5. The lowest BCUT2D eigenvalue weighted by molar-refractivity contribution is 0.744. The van der Waals surface area contributed by atoms with Gasteiger partial charge in [-0.2, -0.15) is 20.2 Å². The van der Waals surface area contributed by atoms with E-state index in [-0.39, 0.29) is 51.6 Å². The second kappa shape index (κ2) is 5.39. The Hall–Kier alpha value is -3.88. The number of hydrogen-bond acceptors (Lipinski definition) is 4. The number of hydrogen-bond donors (Lipinski definition) is 0. The number of aromatic nitrogens is 2. The van der Waals surface area contributed by atoms with Crippen molar-refractivity contribution in [2.45, 2.75) is 12.8 Å². The Morgan fingerprint density at radius 3 is 1.83 bits per heavy atom. The third kappa shape index (κ3) is 1.96. The van der Waals surface area contributed by atoms with Gasteiger partial charge in [-0.1, -0.05) is 0 Å². The average Bonchev–Trinajstić information content (AvgIpc) is 3.07. The average molecular weight is 318 g/mol. The maximum absolute atomic E-state index is 14.4. The number of rotatable bonds is 0. The van der Waals surface area contributed by atoms with Crippen LogP contribution in [0.5, 0.6) is 0 Å². The van der Waals surface area contributed by atoms with E-state index in [9.17, 15) is 8.78 Å². The van der Waals surface area contributed by atoms with Crippen molar-refractivity contribution in [2.24, 2.45) is 0 Å². The summed E-state index contributed by atoms with van der Waals surface area (Å²) in [7, 11) is 0. The highest BCUT2D eigenvalue weighted by Gasteiger charge is 2.31. The molecule has 1 heterocycles. The Morgan fingerprint density at radius 1 is 0.917 bits per heavy atom. The first-order valence-corrected chi connectivity index (χ1v) is 6.53.